The van der Waals surface area contributed by atoms with Crippen LogP contribution in [-0.2, 0) is 6.42 Å². The molecule has 0 N–H and O–H groups in total. The first-order valence-electron chi connectivity index (χ1n) is 6.54. The Bertz CT molecular complexity index is 512. The SMILES string of the molecule is CC(C)c1ccc(C(Cl)Cc2ccc(Cl)cc2)cc1. The molecule has 0 nitrogen and oxygen atoms in total. The van der Waals surface area contributed by atoms with Gasteiger partial charge in [-0.3, -0.25) is 0 Å². The van der Waals surface area contributed by atoms with Crippen molar-refractivity contribution in [1.29, 1.82) is 0 Å². The smallest absolute Gasteiger partial charge is 0.0625 e. The van der Waals surface area contributed by atoms with Crippen molar-refractivity contribution in [1.82, 2.24) is 0 Å². The maximum Gasteiger partial charge on any atom is 0.0625 e. The summed E-state index contributed by atoms with van der Waals surface area (Å²) in [4.78, 5) is 0. The molecular formula is C17H18Cl2. The van der Waals surface area contributed by atoms with Crippen LogP contribution in [0.25, 0.3) is 0 Å². The van der Waals surface area contributed by atoms with E-state index in [4.69, 9.17) is 23.2 Å². The van der Waals surface area contributed by atoms with Gasteiger partial charge in [-0.25, -0.2) is 0 Å². The fraction of sp³-hybridized carbons (Fsp3) is 0.294. The van der Waals surface area contributed by atoms with Crippen molar-refractivity contribution in [2.75, 3.05) is 0 Å². The number of hydrogen-bond donors (Lipinski definition) is 0. The summed E-state index contributed by atoms with van der Waals surface area (Å²) in [5, 5.41) is 0.763. The molecule has 0 amide bonds. The Balaban J connectivity index is 2.07. The third kappa shape index (κ3) is 3.99. The van der Waals surface area contributed by atoms with Crippen molar-refractivity contribution in [3.63, 3.8) is 0 Å². The van der Waals surface area contributed by atoms with E-state index in [1.54, 1.807) is 0 Å². The maximum absolute atomic E-state index is 6.48. The van der Waals surface area contributed by atoms with Gasteiger partial charge in [0.1, 0.15) is 0 Å². The molecule has 2 heteroatoms. The quantitative estimate of drug-likeness (QED) is 0.608. The van der Waals surface area contributed by atoms with Crippen LogP contribution in [0.5, 0.6) is 0 Å². The molecular weight excluding hydrogens is 275 g/mol. The van der Waals surface area contributed by atoms with E-state index in [2.05, 4.69) is 38.1 Å². The van der Waals surface area contributed by atoms with Gasteiger partial charge in [0, 0.05) is 5.02 Å². The van der Waals surface area contributed by atoms with Gasteiger partial charge in [0.05, 0.1) is 5.38 Å². The second kappa shape index (κ2) is 6.45. The van der Waals surface area contributed by atoms with Crippen LogP contribution in [0.1, 0.15) is 41.8 Å². The monoisotopic (exact) mass is 292 g/mol. The molecule has 1 unspecified atom stereocenters. The van der Waals surface area contributed by atoms with Crippen LogP contribution in [0, 0.1) is 0 Å². The van der Waals surface area contributed by atoms with Crippen LogP contribution in [0.3, 0.4) is 0 Å². The predicted molar refractivity (Wildman–Crippen MR) is 84.3 cm³/mol. The van der Waals surface area contributed by atoms with Crippen LogP contribution in [0.2, 0.25) is 5.02 Å². The summed E-state index contributed by atoms with van der Waals surface area (Å²) < 4.78 is 0. The van der Waals surface area contributed by atoms with Crippen molar-refractivity contribution >= 4 is 23.2 Å². The lowest BCUT2D eigenvalue weighted by Crippen LogP contribution is -1.96. The summed E-state index contributed by atoms with van der Waals surface area (Å²) in [6.07, 6.45) is 0.819. The molecule has 0 aliphatic carbocycles. The molecule has 0 aliphatic rings. The van der Waals surface area contributed by atoms with Crippen LogP contribution >= 0.6 is 23.2 Å². The molecule has 0 spiro atoms. The predicted octanol–water partition coefficient (Wildman–Crippen LogP) is 5.99. The Hall–Kier alpha value is -0.980. The largest absolute Gasteiger partial charge is 0.117 e. The second-order valence-corrected chi connectivity index (χ2v) is 6.08. The Labute approximate surface area is 125 Å². The molecule has 0 aliphatic heterocycles. The Morgan fingerprint density at radius 3 is 1.89 bits per heavy atom. The van der Waals surface area contributed by atoms with Gasteiger partial charge in [-0.2, -0.15) is 0 Å². The zero-order valence-corrected chi connectivity index (χ0v) is 12.7. The fourth-order valence-corrected chi connectivity index (χ4v) is 2.48. The highest BCUT2D eigenvalue weighted by atomic mass is 35.5. The van der Waals surface area contributed by atoms with E-state index in [9.17, 15) is 0 Å². The minimum absolute atomic E-state index is 0.00221. The standard InChI is InChI=1S/C17H18Cl2/c1-12(2)14-5-7-15(8-6-14)17(19)11-13-3-9-16(18)10-4-13/h3-10,12,17H,11H2,1-2H3. The summed E-state index contributed by atoms with van der Waals surface area (Å²) in [7, 11) is 0. The van der Waals surface area contributed by atoms with Gasteiger partial charge in [0.15, 0.2) is 0 Å². The van der Waals surface area contributed by atoms with Gasteiger partial charge >= 0.3 is 0 Å². The van der Waals surface area contributed by atoms with Gasteiger partial charge in [-0.1, -0.05) is 61.8 Å². The van der Waals surface area contributed by atoms with Crippen molar-refractivity contribution in [2.24, 2.45) is 0 Å². The summed E-state index contributed by atoms with van der Waals surface area (Å²) in [5.74, 6) is 0.555. The van der Waals surface area contributed by atoms with Crippen LogP contribution in [-0.4, -0.2) is 0 Å². The molecule has 0 aromatic heterocycles. The van der Waals surface area contributed by atoms with Gasteiger partial charge in [-0.05, 0) is 41.2 Å². The first-order valence-corrected chi connectivity index (χ1v) is 7.36. The van der Waals surface area contributed by atoms with E-state index >= 15 is 0 Å². The number of halogens is 2. The lowest BCUT2D eigenvalue weighted by molar-refractivity contribution is 0.860. The molecule has 1 atom stereocenters. The topological polar surface area (TPSA) is 0 Å². The van der Waals surface area contributed by atoms with Crippen molar-refractivity contribution in [2.45, 2.75) is 31.6 Å². The van der Waals surface area contributed by atoms with Gasteiger partial charge in [0.25, 0.3) is 0 Å². The first kappa shape index (κ1) is 14.4. The van der Waals surface area contributed by atoms with Crippen molar-refractivity contribution in [3.05, 3.63) is 70.2 Å². The molecule has 19 heavy (non-hydrogen) atoms. The van der Waals surface area contributed by atoms with Crippen molar-refractivity contribution in [3.8, 4) is 0 Å². The molecule has 0 radical (unpaired) electrons. The minimum atomic E-state index is 0.00221. The third-order valence-corrected chi connectivity index (χ3v) is 3.95. The van der Waals surface area contributed by atoms with E-state index in [1.165, 1.54) is 16.7 Å². The van der Waals surface area contributed by atoms with Crippen LogP contribution < -0.4 is 0 Å². The summed E-state index contributed by atoms with van der Waals surface area (Å²) >= 11 is 12.4. The molecule has 0 fully saturated rings. The van der Waals surface area contributed by atoms with E-state index in [0.29, 0.717) is 5.92 Å². The molecule has 0 bridgehead atoms. The molecule has 2 aromatic carbocycles. The number of rotatable bonds is 4. The lowest BCUT2D eigenvalue weighted by atomic mass is 9.99. The zero-order chi connectivity index (χ0) is 13.8. The average molecular weight is 293 g/mol. The Morgan fingerprint density at radius 2 is 1.37 bits per heavy atom. The molecule has 0 saturated carbocycles. The number of hydrogen-bond acceptors (Lipinski definition) is 0. The highest BCUT2D eigenvalue weighted by Gasteiger charge is 2.09. The third-order valence-electron chi connectivity index (χ3n) is 3.29. The molecule has 0 saturated heterocycles. The summed E-state index contributed by atoms with van der Waals surface area (Å²) in [6.45, 7) is 4.39. The molecule has 0 heterocycles. The summed E-state index contributed by atoms with van der Waals surface area (Å²) in [5.41, 5.74) is 3.72. The van der Waals surface area contributed by atoms with Gasteiger partial charge < -0.3 is 0 Å². The zero-order valence-electron chi connectivity index (χ0n) is 11.2. The van der Waals surface area contributed by atoms with E-state index in [0.717, 1.165) is 11.4 Å². The maximum atomic E-state index is 6.48. The highest BCUT2D eigenvalue weighted by Crippen LogP contribution is 2.27. The lowest BCUT2D eigenvalue weighted by Gasteiger charge is -2.12. The van der Waals surface area contributed by atoms with Crippen LogP contribution in [0.15, 0.2) is 48.5 Å². The van der Waals surface area contributed by atoms with E-state index in [-0.39, 0.29) is 5.38 Å². The summed E-state index contributed by atoms with van der Waals surface area (Å²) in [6, 6.07) is 16.4. The molecule has 2 rings (SSSR count). The van der Waals surface area contributed by atoms with Crippen LogP contribution in [0.4, 0.5) is 0 Å². The molecule has 2 aromatic rings. The fourth-order valence-electron chi connectivity index (χ4n) is 2.04. The van der Waals surface area contributed by atoms with E-state index < -0.39 is 0 Å². The van der Waals surface area contributed by atoms with Gasteiger partial charge in [0.2, 0.25) is 0 Å². The number of benzene rings is 2. The minimum Gasteiger partial charge on any atom is -0.117 e. The van der Waals surface area contributed by atoms with Gasteiger partial charge in [-0.15, -0.1) is 11.6 Å². The number of alkyl halides is 1. The van der Waals surface area contributed by atoms with Crippen molar-refractivity contribution < 1.29 is 0 Å². The first-order chi connectivity index (χ1) is 9.06. The average Bonchev–Trinajstić information content (AvgIpc) is 2.41. The molecule has 100 valence electrons. The highest BCUT2D eigenvalue weighted by molar-refractivity contribution is 6.30. The Morgan fingerprint density at radius 1 is 0.842 bits per heavy atom. The second-order valence-electron chi connectivity index (χ2n) is 5.12. The van der Waals surface area contributed by atoms with E-state index in [1.807, 2.05) is 24.3 Å². The normalized spacial score (nSPS) is 12.7. The Kier molecular flexibility index (Phi) is 4.90.